The molecule has 0 saturated heterocycles. The topological polar surface area (TPSA) is 45.1 Å². The maximum Gasteiger partial charge on any atom is 0.0524 e. The van der Waals surface area contributed by atoms with Crippen molar-refractivity contribution in [2.75, 3.05) is 6.54 Å². The van der Waals surface area contributed by atoms with Crippen LogP contribution in [0.2, 0.25) is 0 Å². The van der Waals surface area contributed by atoms with Gasteiger partial charge in [-0.25, -0.2) is 0 Å². The molecular formula is C11H18N2O. The van der Waals surface area contributed by atoms with Crippen LogP contribution in [-0.4, -0.2) is 22.7 Å². The number of nitrogens with zero attached hydrogens (tertiary/aromatic N) is 1. The van der Waals surface area contributed by atoms with E-state index in [0.717, 1.165) is 13.0 Å². The number of rotatable bonds is 5. The fraction of sp³-hybridized carbons (Fsp3) is 0.545. The van der Waals surface area contributed by atoms with Crippen molar-refractivity contribution in [3.8, 4) is 0 Å². The normalized spacial score (nSPS) is 15.1. The molecule has 1 aromatic rings. The lowest BCUT2D eigenvalue weighted by Gasteiger charge is -2.14. The number of aromatic nitrogens is 1. The Morgan fingerprint density at radius 3 is 2.57 bits per heavy atom. The summed E-state index contributed by atoms with van der Waals surface area (Å²) in [5.41, 5.74) is 1.23. The van der Waals surface area contributed by atoms with Crippen LogP contribution in [0.5, 0.6) is 0 Å². The first kappa shape index (κ1) is 11.1. The van der Waals surface area contributed by atoms with Gasteiger partial charge >= 0.3 is 0 Å². The zero-order valence-corrected chi connectivity index (χ0v) is 8.77. The van der Waals surface area contributed by atoms with Gasteiger partial charge in [0.05, 0.1) is 6.10 Å². The molecule has 1 rings (SSSR count). The summed E-state index contributed by atoms with van der Waals surface area (Å²) in [6.07, 6.45) is 4.15. The first-order valence-electron chi connectivity index (χ1n) is 5.01. The minimum Gasteiger partial charge on any atom is -0.393 e. The van der Waals surface area contributed by atoms with Gasteiger partial charge in [-0.05, 0) is 44.5 Å². The van der Waals surface area contributed by atoms with Crippen molar-refractivity contribution in [3.05, 3.63) is 30.1 Å². The average Bonchev–Trinajstić information content (AvgIpc) is 2.18. The molecule has 0 saturated carbocycles. The van der Waals surface area contributed by atoms with Crippen LogP contribution in [0.15, 0.2) is 24.5 Å². The Bertz CT molecular complexity index is 249. The average molecular weight is 194 g/mol. The van der Waals surface area contributed by atoms with E-state index in [4.69, 9.17) is 5.11 Å². The highest BCUT2D eigenvalue weighted by molar-refractivity contribution is 5.13. The fourth-order valence-electron chi connectivity index (χ4n) is 1.28. The number of pyridine rings is 1. The predicted molar refractivity (Wildman–Crippen MR) is 57.0 cm³/mol. The van der Waals surface area contributed by atoms with E-state index in [1.807, 2.05) is 12.1 Å². The van der Waals surface area contributed by atoms with Gasteiger partial charge in [-0.15, -0.1) is 0 Å². The summed E-state index contributed by atoms with van der Waals surface area (Å²) in [4.78, 5) is 3.97. The minimum atomic E-state index is -0.229. The molecule has 3 nitrogen and oxygen atoms in total. The zero-order chi connectivity index (χ0) is 10.4. The van der Waals surface area contributed by atoms with Crippen LogP contribution in [0.3, 0.4) is 0 Å². The molecule has 0 bridgehead atoms. The molecule has 0 aliphatic carbocycles. The van der Waals surface area contributed by atoms with Gasteiger partial charge in [-0.1, -0.05) is 0 Å². The Balaban J connectivity index is 2.32. The first-order chi connectivity index (χ1) is 6.70. The van der Waals surface area contributed by atoms with Crippen LogP contribution < -0.4 is 5.32 Å². The summed E-state index contributed by atoms with van der Waals surface area (Å²) >= 11 is 0. The Kier molecular flexibility index (Phi) is 4.56. The van der Waals surface area contributed by atoms with Gasteiger partial charge in [0, 0.05) is 18.4 Å². The first-order valence-corrected chi connectivity index (χ1v) is 5.01. The predicted octanol–water partition coefficient (Wildman–Crippen LogP) is 1.50. The molecule has 0 fully saturated rings. The highest BCUT2D eigenvalue weighted by atomic mass is 16.3. The maximum absolute atomic E-state index is 9.09. The molecule has 0 aromatic carbocycles. The molecule has 0 aliphatic rings. The Morgan fingerprint density at radius 2 is 2.00 bits per heavy atom. The zero-order valence-electron chi connectivity index (χ0n) is 8.77. The van der Waals surface area contributed by atoms with Crippen molar-refractivity contribution in [1.29, 1.82) is 0 Å². The lowest BCUT2D eigenvalue weighted by atomic mass is 10.1. The van der Waals surface area contributed by atoms with E-state index in [1.54, 1.807) is 19.3 Å². The standard InChI is InChI=1S/C11H18N2O/c1-9(14)3-8-13-10(2)11-4-6-12-7-5-11/h4-7,9-10,13-14H,3,8H2,1-2H3/t9?,10-/m1/s1. The third-order valence-corrected chi connectivity index (χ3v) is 2.22. The molecule has 3 heteroatoms. The molecule has 14 heavy (non-hydrogen) atoms. The van der Waals surface area contributed by atoms with Gasteiger partial charge in [-0.2, -0.15) is 0 Å². The van der Waals surface area contributed by atoms with Crippen molar-refractivity contribution in [2.24, 2.45) is 0 Å². The van der Waals surface area contributed by atoms with Gasteiger partial charge in [0.25, 0.3) is 0 Å². The van der Waals surface area contributed by atoms with Crippen molar-refractivity contribution in [2.45, 2.75) is 32.4 Å². The third-order valence-electron chi connectivity index (χ3n) is 2.22. The second-order valence-corrected chi connectivity index (χ2v) is 3.59. The lowest BCUT2D eigenvalue weighted by Crippen LogP contribution is -2.22. The van der Waals surface area contributed by atoms with Gasteiger partial charge < -0.3 is 10.4 Å². The number of hydrogen-bond donors (Lipinski definition) is 2. The van der Waals surface area contributed by atoms with E-state index in [-0.39, 0.29) is 6.10 Å². The molecule has 2 N–H and O–H groups in total. The molecule has 1 aromatic heterocycles. The summed E-state index contributed by atoms with van der Waals surface area (Å²) in [6.45, 7) is 4.75. The SMILES string of the molecule is CC(O)CCN[C@H](C)c1ccncc1. The van der Waals surface area contributed by atoms with Gasteiger partial charge in [-0.3, -0.25) is 4.98 Å². The van der Waals surface area contributed by atoms with E-state index < -0.39 is 0 Å². The van der Waals surface area contributed by atoms with Crippen molar-refractivity contribution >= 4 is 0 Å². The van der Waals surface area contributed by atoms with E-state index in [9.17, 15) is 0 Å². The van der Waals surface area contributed by atoms with Crippen LogP contribution in [0.25, 0.3) is 0 Å². The second kappa shape index (κ2) is 5.73. The van der Waals surface area contributed by atoms with Crippen molar-refractivity contribution < 1.29 is 5.11 Å². The number of aliphatic hydroxyl groups is 1. The van der Waals surface area contributed by atoms with E-state index in [0.29, 0.717) is 6.04 Å². The molecule has 1 unspecified atom stereocenters. The van der Waals surface area contributed by atoms with Crippen LogP contribution in [0.1, 0.15) is 31.9 Å². The largest absolute Gasteiger partial charge is 0.393 e. The molecule has 1 heterocycles. The molecule has 0 radical (unpaired) electrons. The summed E-state index contributed by atoms with van der Waals surface area (Å²) in [5, 5.41) is 12.4. The highest BCUT2D eigenvalue weighted by Gasteiger charge is 2.03. The van der Waals surface area contributed by atoms with Crippen LogP contribution in [0.4, 0.5) is 0 Å². The number of aliphatic hydroxyl groups excluding tert-OH is 1. The molecule has 2 atom stereocenters. The summed E-state index contributed by atoms with van der Waals surface area (Å²) in [5.74, 6) is 0. The monoisotopic (exact) mass is 194 g/mol. The van der Waals surface area contributed by atoms with Gasteiger partial charge in [0.2, 0.25) is 0 Å². The summed E-state index contributed by atoms with van der Waals surface area (Å²) in [6, 6.07) is 4.32. The Morgan fingerprint density at radius 1 is 1.36 bits per heavy atom. The minimum absolute atomic E-state index is 0.229. The number of nitrogens with one attached hydrogen (secondary N) is 1. The summed E-state index contributed by atoms with van der Waals surface area (Å²) < 4.78 is 0. The summed E-state index contributed by atoms with van der Waals surface area (Å²) in [7, 11) is 0. The van der Waals surface area contributed by atoms with E-state index in [2.05, 4.69) is 17.2 Å². The molecule has 0 amide bonds. The fourth-order valence-corrected chi connectivity index (χ4v) is 1.28. The molecule has 0 spiro atoms. The molecular weight excluding hydrogens is 176 g/mol. The van der Waals surface area contributed by atoms with Crippen molar-refractivity contribution in [3.63, 3.8) is 0 Å². The third kappa shape index (κ3) is 3.85. The molecule has 78 valence electrons. The van der Waals surface area contributed by atoms with Crippen LogP contribution >= 0.6 is 0 Å². The van der Waals surface area contributed by atoms with Gasteiger partial charge in [0.1, 0.15) is 0 Å². The van der Waals surface area contributed by atoms with Crippen LogP contribution in [-0.2, 0) is 0 Å². The van der Waals surface area contributed by atoms with E-state index in [1.165, 1.54) is 5.56 Å². The van der Waals surface area contributed by atoms with E-state index >= 15 is 0 Å². The highest BCUT2D eigenvalue weighted by Crippen LogP contribution is 2.09. The lowest BCUT2D eigenvalue weighted by molar-refractivity contribution is 0.182. The Labute approximate surface area is 85.2 Å². The van der Waals surface area contributed by atoms with Gasteiger partial charge in [0.15, 0.2) is 0 Å². The maximum atomic E-state index is 9.09. The van der Waals surface area contributed by atoms with Crippen molar-refractivity contribution in [1.82, 2.24) is 10.3 Å². The quantitative estimate of drug-likeness (QED) is 0.746. The smallest absolute Gasteiger partial charge is 0.0524 e. The molecule has 0 aliphatic heterocycles. The number of hydrogen-bond acceptors (Lipinski definition) is 3. The second-order valence-electron chi connectivity index (χ2n) is 3.59. The van der Waals surface area contributed by atoms with Crippen LogP contribution in [0, 0.1) is 0 Å². The Hall–Kier alpha value is -0.930.